The van der Waals surface area contributed by atoms with Gasteiger partial charge in [-0.05, 0) is 42.0 Å². The fourth-order valence-electron chi connectivity index (χ4n) is 3.19. The number of methoxy groups -OCH3 is 1. The molecule has 0 aromatic heterocycles. The molecule has 0 spiro atoms. The van der Waals surface area contributed by atoms with E-state index >= 15 is 0 Å². The quantitative estimate of drug-likeness (QED) is 0.797. The smallest absolute Gasteiger partial charge is 0.122 e. The molecule has 2 aliphatic rings. The van der Waals surface area contributed by atoms with E-state index in [1.54, 1.807) is 7.11 Å². The lowest BCUT2D eigenvalue weighted by Crippen LogP contribution is -2.40. The van der Waals surface area contributed by atoms with E-state index in [1.807, 2.05) is 0 Å². The number of morpholine rings is 1. The van der Waals surface area contributed by atoms with Crippen LogP contribution in [0.15, 0.2) is 12.1 Å². The molecule has 1 fully saturated rings. The summed E-state index contributed by atoms with van der Waals surface area (Å²) in [4.78, 5) is 3.33. The average molecular weight is 291 g/mol. The van der Waals surface area contributed by atoms with Crippen LogP contribution in [-0.2, 0) is 24.0 Å². The molecule has 0 bridgehead atoms. The van der Waals surface area contributed by atoms with Crippen LogP contribution in [0.2, 0.25) is 0 Å². The largest absolute Gasteiger partial charge is 0.496 e. The summed E-state index contributed by atoms with van der Waals surface area (Å²) in [6.07, 6.45) is 4.40. The first-order valence-electron chi connectivity index (χ1n) is 7.32. The summed E-state index contributed by atoms with van der Waals surface area (Å²) in [6, 6.07) is 4.29. The van der Waals surface area contributed by atoms with Crippen molar-refractivity contribution in [1.29, 1.82) is 0 Å². The van der Waals surface area contributed by atoms with Gasteiger partial charge in [-0.15, -0.1) is 0 Å². The van der Waals surface area contributed by atoms with Crippen molar-refractivity contribution in [3.05, 3.63) is 28.8 Å². The summed E-state index contributed by atoms with van der Waals surface area (Å²) in [5.41, 5.74) is 4.25. The molecular weight excluding hydrogens is 270 g/mol. The Labute approximate surface area is 125 Å². The van der Waals surface area contributed by atoms with Gasteiger partial charge >= 0.3 is 0 Å². The number of rotatable bonds is 3. The molecule has 0 atom stereocenters. The monoisotopic (exact) mass is 291 g/mol. The molecule has 1 aliphatic carbocycles. The molecule has 4 heteroatoms. The molecule has 3 nitrogen and oxygen atoms in total. The molecule has 1 saturated heterocycles. The van der Waals surface area contributed by atoms with Crippen molar-refractivity contribution >= 4 is 17.2 Å². The van der Waals surface area contributed by atoms with Gasteiger partial charge in [-0.1, -0.05) is 18.3 Å². The Kier molecular flexibility index (Phi) is 4.22. The number of thiocarbonyl (C=S) groups is 1. The number of hydrogen-bond acceptors (Lipinski definition) is 3. The molecule has 1 aromatic rings. The molecule has 1 aliphatic heterocycles. The van der Waals surface area contributed by atoms with Gasteiger partial charge < -0.3 is 14.4 Å². The molecule has 1 heterocycles. The van der Waals surface area contributed by atoms with Gasteiger partial charge in [0.05, 0.1) is 25.3 Å². The first-order chi connectivity index (χ1) is 9.79. The summed E-state index contributed by atoms with van der Waals surface area (Å²) in [6.45, 7) is 3.44. The highest BCUT2D eigenvalue weighted by atomic mass is 32.1. The summed E-state index contributed by atoms with van der Waals surface area (Å²) in [7, 11) is 1.76. The maximum Gasteiger partial charge on any atom is 0.122 e. The second-order valence-corrected chi connectivity index (χ2v) is 5.88. The van der Waals surface area contributed by atoms with Crippen LogP contribution in [-0.4, -0.2) is 43.3 Å². The fourth-order valence-corrected chi connectivity index (χ4v) is 3.53. The highest BCUT2D eigenvalue weighted by molar-refractivity contribution is 7.80. The van der Waals surface area contributed by atoms with E-state index in [0.717, 1.165) is 56.3 Å². The third kappa shape index (κ3) is 2.67. The molecule has 0 saturated carbocycles. The van der Waals surface area contributed by atoms with Crippen molar-refractivity contribution in [3.8, 4) is 5.75 Å². The summed E-state index contributed by atoms with van der Waals surface area (Å²) < 4.78 is 10.9. The lowest BCUT2D eigenvalue weighted by Gasteiger charge is -2.29. The van der Waals surface area contributed by atoms with Crippen LogP contribution in [0, 0.1) is 0 Å². The Balaban J connectivity index is 1.77. The topological polar surface area (TPSA) is 21.7 Å². The van der Waals surface area contributed by atoms with Crippen LogP contribution in [0.5, 0.6) is 5.75 Å². The fraction of sp³-hybridized carbons (Fsp3) is 0.562. The maximum absolute atomic E-state index is 5.63. The molecule has 0 unspecified atom stereocenters. The average Bonchev–Trinajstić information content (AvgIpc) is 2.98. The van der Waals surface area contributed by atoms with Gasteiger partial charge in [0.25, 0.3) is 0 Å². The first kappa shape index (κ1) is 13.8. The second kappa shape index (κ2) is 6.10. The zero-order valence-corrected chi connectivity index (χ0v) is 12.8. The Morgan fingerprint density at radius 3 is 2.75 bits per heavy atom. The van der Waals surface area contributed by atoms with Gasteiger partial charge in [0.2, 0.25) is 0 Å². The van der Waals surface area contributed by atoms with E-state index in [-0.39, 0.29) is 0 Å². The highest BCUT2D eigenvalue weighted by Gasteiger charge is 2.21. The lowest BCUT2D eigenvalue weighted by atomic mass is 9.99. The Morgan fingerprint density at radius 2 is 2.00 bits per heavy atom. The van der Waals surface area contributed by atoms with E-state index in [1.165, 1.54) is 23.1 Å². The van der Waals surface area contributed by atoms with Crippen LogP contribution >= 0.6 is 12.2 Å². The third-order valence-corrected chi connectivity index (χ3v) is 4.67. The van der Waals surface area contributed by atoms with E-state index < -0.39 is 0 Å². The lowest BCUT2D eigenvalue weighted by molar-refractivity contribution is 0.0684. The zero-order chi connectivity index (χ0) is 13.9. The van der Waals surface area contributed by atoms with Gasteiger partial charge in [-0.3, -0.25) is 0 Å². The second-order valence-electron chi connectivity index (χ2n) is 5.41. The van der Waals surface area contributed by atoms with Crippen molar-refractivity contribution in [1.82, 2.24) is 4.90 Å². The van der Waals surface area contributed by atoms with Crippen LogP contribution in [0.3, 0.4) is 0 Å². The molecule has 20 heavy (non-hydrogen) atoms. The third-order valence-electron chi connectivity index (χ3n) is 4.26. The van der Waals surface area contributed by atoms with E-state index in [2.05, 4.69) is 17.0 Å². The molecule has 3 rings (SSSR count). The molecule has 0 radical (unpaired) electrons. The van der Waals surface area contributed by atoms with Gasteiger partial charge in [0.1, 0.15) is 5.75 Å². The van der Waals surface area contributed by atoms with E-state index in [4.69, 9.17) is 21.7 Å². The number of ether oxygens (including phenoxy) is 2. The van der Waals surface area contributed by atoms with Crippen LogP contribution in [0.1, 0.15) is 23.1 Å². The molecule has 0 amide bonds. The predicted octanol–water partition coefficient (Wildman–Crippen LogP) is 2.39. The van der Waals surface area contributed by atoms with Crippen molar-refractivity contribution in [2.45, 2.75) is 25.7 Å². The number of hydrogen-bond donors (Lipinski definition) is 0. The SMILES string of the molecule is COc1ccc(CC(=S)N2CCOCC2)c2c1CCC2. The number of benzene rings is 1. The van der Waals surface area contributed by atoms with Crippen molar-refractivity contribution in [2.75, 3.05) is 33.4 Å². The molecule has 0 N–H and O–H groups in total. The molecule has 108 valence electrons. The number of fused-ring (bicyclic) bond motifs is 1. The van der Waals surface area contributed by atoms with Crippen LogP contribution < -0.4 is 4.74 Å². The molecule has 1 aromatic carbocycles. The Morgan fingerprint density at radius 1 is 1.25 bits per heavy atom. The van der Waals surface area contributed by atoms with Gasteiger partial charge in [0, 0.05) is 19.5 Å². The van der Waals surface area contributed by atoms with Crippen molar-refractivity contribution < 1.29 is 9.47 Å². The van der Waals surface area contributed by atoms with Gasteiger partial charge in [0.15, 0.2) is 0 Å². The first-order valence-corrected chi connectivity index (χ1v) is 7.73. The zero-order valence-electron chi connectivity index (χ0n) is 12.0. The van der Waals surface area contributed by atoms with Crippen LogP contribution in [0.4, 0.5) is 0 Å². The standard InChI is InChI=1S/C16H21NO2S/c1-18-15-6-5-12(13-3-2-4-14(13)15)11-16(20)17-7-9-19-10-8-17/h5-6H,2-4,7-11H2,1H3. The summed E-state index contributed by atoms with van der Waals surface area (Å²) in [5.74, 6) is 1.04. The molecular formula is C16H21NO2S. The summed E-state index contributed by atoms with van der Waals surface area (Å²) >= 11 is 5.63. The van der Waals surface area contributed by atoms with Crippen molar-refractivity contribution in [3.63, 3.8) is 0 Å². The summed E-state index contributed by atoms with van der Waals surface area (Å²) in [5, 5.41) is 0. The van der Waals surface area contributed by atoms with E-state index in [0.29, 0.717) is 0 Å². The van der Waals surface area contributed by atoms with Gasteiger partial charge in [-0.25, -0.2) is 0 Å². The minimum Gasteiger partial charge on any atom is -0.496 e. The van der Waals surface area contributed by atoms with Crippen molar-refractivity contribution in [2.24, 2.45) is 0 Å². The minimum atomic E-state index is 0.793. The van der Waals surface area contributed by atoms with Crippen LogP contribution in [0.25, 0.3) is 0 Å². The Bertz CT molecular complexity index is 509. The highest BCUT2D eigenvalue weighted by Crippen LogP contribution is 2.33. The number of nitrogens with zero attached hydrogens (tertiary/aromatic N) is 1. The normalized spacial score (nSPS) is 17.9. The predicted molar refractivity (Wildman–Crippen MR) is 83.7 cm³/mol. The van der Waals surface area contributed by atoms with Gasteiger partial charge in [-0.2, -0.15) is 0 Å². The Hall–Kier alpha value is -1.13. The minimum absolute atomic E-state index is 0.793. The maximum atomic E-state index is 5.63. The van der Waals surface area contributed by atoms with E-state index in [9.17, 15) is 0 Å².